The van der Waals surface area contributed by atoms with E-state index in [1.165, 1.54) is 20.8 Å². The highest BCUT2D eigenvalue weighted by molar-refractivity contribution is 5.85. The normalized spacial score (nSPS) is 15.5. The topological polar surface area (TPSA) is 26.0 Å². The van der Waals surface area contributed by atoms with E-state index < -0.39 is 17.6 Å². The minimum Gasteiger partial charge on any atom is -0.320 e. The van der Waals surface area contributed by atoms with Crippen LogP contribution < -0.4 is 5.73 Å². The molecule has 11 heavy (non-hydrogen) atoms. The molecule has 0 radical (unpaired) electrons. The second kappa shape index (κ2) is 3.63. The Bertz CT molecular complexity index is 102. The third-order valence-corrected chi connectivity index (χ3v) is 1.29. The number of alkyl halides is 3. The van der Waals surface area contributed by atoms with E-state index in [1.54, 1.807) is 0 Å². The SMILES string of the molecule is CC(C)(C)[C@H](N)C(F)(F)F.Cl. The first-order valence-corrected chi connectivity index (χ1v) is 2.98. The first kappa shape index (κ1) is 13.6. The minimum atomic E-state index is -4.28. The molecule has 0 saturated heterocycles. The Balaban J connectivity index is 0. The second-order valence-corrected chi connectivity index (χ2v) is 3.39. The minimum absolute atomic E-state index is 0. The lowest BCUT2D eigenvalue weighted by molar-refractivity contribution is -0.167. The number of halogens is 4. The number of rotatable bonds is 0. The Kier molecular flexibility index (Phi) is 4.49. The van der Waals surface area contributed by atoms with Crippen molar-refractivity contribution in [1.29, 1.82) is 0 Å². The smallest absolute Gasteiger partial charge is 0.320 e. The van der Waals surface area contributed by atoms with Crippen LogP contribution in [0.3, 0.4) is 0 Å². The lowest BCUT2D eigenvalue weighted by Crippen LogP contribution is -2.47. The van der Waals surface area contributed by atoms with Crippen molar-refractivity contribution in [3.63, 3.8) is 0 Å². The number of hydrogen-bond acceptors (Lipinski definition) is 1. The third kappa shape index (κ3) is 4.48. The predicted molar refractivity (Wildman–Crippen MR) is 40.7 cm³/mol. The summed E-state index contributed by atoms with van der Waals surface area (Å²) in [6.07, 6.45) is -4.28. The standard InChI is InChI=1S/C6H12F3N.ClH/c1-5(2,3)4(10)6(7,8)9;/h4H,10H2,1-3H3;1H/t4-;/m0./s1. The van der Waals surface area contributed by atoms with Gasteiger partial charge >= 0.3 is 6.18 Å². The molecule has 0 heterocycles. The lowest BCUT2D eigenvalue weighted by Gasteiger charge is -2.28. The molecule has 0 spiro atoms. The molecule has 0 aliphatic rings. The van der Waals surface area contributed by atoms with Crippen LogP contribution in [0.4, 0.5) is 13.2 Å². The summed E-state index contributed by atoms with van der Waals surface area (Å²) in [5, 5.41) is 0. The fraction of sp³-hybridized carbons (Fsp3) is 1.00. The quantitative estimate of drug-likeness (QED) is 0.625. The van der Waals surface area contributed by atoms with Crippen LogP contribution in [0, 0.1) is 5.41 Å². The average molecular weight is 192 g/mol. The number of hydrogen-bond donors (Lipinski definition) is 1. The van der Waals surface area contributed by atoms with Gasteiger partial charge in [0.25, 0.3) is 0 Å². The van der Waals surface area contributed by atoms with Crippen LogP contribution in [0.5, 0.6) is 0 Å². The summed E-state index contributed by atoms with van der Waals surface area (Å²) < 4.78 is 35.5. The molecule has 5 heteroatoms. The van der Waals surface area contributed by atoms with E-state index in [9.17, 15) is 13.2 Å². The summed E-state index contributed by atoms with van der Waals surface area (Å²) >= 11 is 0. The van der Waals surface area contributed by atoms with E-state index in [-0.39, 0.29) is 12.4 Å². The molecular weight excluding hydrogens is 179 g/mol. The molecule has 0 rings (SSSR count). The predicted octanol–water partition coefficient (Wildman–Crippen LogP) is 2.34. The van der Waals surface area contributed by atoms with Crippen LogP contribution in [-0.4, -0.2) is 12.2 Å². The molecule has 0 amide bonds. The molecule has 1 atom stereocenters. The van der Waals surface area contributed by atoms with Gasteiger partial charge in [-0.2, -0.15) is 13.2 Å². The first-order chi connectivity index (χ1) is 4.15. The summed E-state index contributed by atoms with van der Waals surface area (Å²) in [6.45, 7) is 4.39. The molecule has 70 valence electrons. The van der Waals surface area contributed by atoms with Crippen LogP contribution >= 0.6 is 12.4 Å². The molecule has 1 nitrogen and oxygen atoms in total. The second-order valence-electron chi connectivity index (χ2n) is 3.39. The van der Waals surface area contributed by atoms with Gasteiger partial charge in [0.05, 0.1) is 0 Å². The molecule has 0 fully saturated rings. The summed E-state index contributed by atoms with van der Waals surface area (Å²) in [6, 6.07) is -1.74. The Labute approximate surface area is 70.6 Å². The van der Waals surface area contributed by atoms with Crippen LogP contribution in [0.15, 0.2) is 0 Å². The van der Waals surface area contributed by atoms with Crippen LogP contribution in [-0.2, 0) is 0 Å². The van der Waals surface area contributed by atoms with E-state index >= 15 is 0 Å². The van der Waals surface area contributed by atoms with Crippen molar-refractivity contribution in [3.8, 4) is 0 Å². The molecule has 0 saturated carbocycles. The van der Waals surface area contributed by atoms with Gasteiger partial charge in [-0.1, -0.05) is 20.8 Å². The highest BCUT2D eigenvalue weighted by Gasteiger charge is 2.43. The van der Waals surface area contributed by atoms with E-state index in [0.717, 1.165) is 0 Å². The summed E-state index contributed by atoms with van der Waals surface area (Å²) in [5.41, 5.74) is 4.00. The van der Waals surface area contributed by atoms with Gasteiger partial charge in [0, 0.05) is 0 Å². The van der Waals surface area contributed by atoms with Crippen molar-refractivity contribution in [1.82, 2.24) is 0 Å². The van der Waals surface area contributed by atoms with Crippen molar-refractivity contribution in [2.45, 2.75) is 33.0 Å². The maximum Gasteiger partial charge on any atom is 0.404 e. The highest BCUT2D eigenvalue weighted by atomic mass is 35.5. The fourth-order valence-corrected chi connectivity index (χ4v) is 0.491. The molecule has 0 aromatic heterocycles. The Morgan fingerprint density at radius 1 is 1.09 bits per heavy atom. The van der Waals surface area contributed by atoms with Gasteiger partial charge in [-0.15, -0.1) is 12.4 Å². The third-order valence-electron chi connectivity index (χ3n) is 1.29. The maximum atomic E-state index is 11.8. The van der Waals surface area contributed by atoms with Gasteiger partial charge < -0.3 is 5.73 Å². The molecule has 0 aliphatic carbocycles. The first-order valence-electron chi connectivity index (χ1n) is 2.98. The lowest BCUT2D eigenvalue weighted by atomic mass is 9.87. The molecule has 0 unspecified atom stereocenters. The average Bonchev–Trinajstić information content (AvgIpc) is 1.59. The van der Waals surface area contributed by atoms with Crippen LogP contribution in [0.1, 0.15) is 20.8 Å². The Hall–Kier alpha value is 0.0400. The van der Waals surface area contributed by atoms with Crippen molar-refractivity contribution >= 4 is 12.4 Å². The number of nitrogens with two attached hydrogens (primary N) is 1. The summed E-state index contributed by atoms with van der Waals surface area (Å²) in [7, 11) is 0. The van der Waals surface area contributed by atoms with E-state index in [4.69, 9.17) is 5.73 Å². The van der Waals surface area contributed by atoms with Gasteiger partial charge in [0.15, 0.2) is 0 Å². The molecule has 0 bridgehead atoms. The van der Waals surface area contributed by atoms with Gasteiger partial charge in [0.1, 0.15) is 6.04 Å². The molecule has 0 aromatic carbocycles. The van der Waals surface area contributed by atoms with Crippen LogP contribution in [0.2, 0.25) is 0 Å². The Morgan fingerprint density at radius 3 is 1.36 bits per heavy atom. The van der Waals surface area contributed by atoms with Crippen molar-refractivity contribution in [2.24, 2.45) is 11.1 Å². The van der Waals surface area contributed by atoms with Gasteiger partial charge in [-0.3, -0.25) is 0 Å². The van der Waals surface area contributed by atoms with Crippen molar-refractivity contribution in [2.75, 3.05) is 0 Å². The van der Waals surface area contributed by atoms with Crippen LogP contribution in [0.25, 0.3) is 0 Å². The van der Waals surface area contributed by atoms with Crippen molar-refractivity contribution in [3.05, 3.63) is 0 Å². The maximum absolute atomic E-state index is 11.8. The van der Waals surface area contributed by atoms with Gasteiger partial charge in [-0.05, 0) is 5.41 Å². The van der Waals surface area contributed by atoms with E-state index in [2.05, 4.69) is 0 Å². The Morgan fingerprint density at radius 2 is 1.36 bits per heavy atom. The molecular formula is C6H13ClF3N. The fourth-order valence-electron chi connectivity index (χ4n) is 0.491. The zero-order valence-corrected chi connectivity index (χ0v) is 7.51. The molecule has 0 aliphatic heterocycles. The zero-order chi connectivity index (χ0) is 8.58. The molecule has 2 N–H and O–H groups in total. The molecule has 0 aromatic rings. The van der Waals surface area contributed by atoms with Gasteiger partial charge in [0.2, 0.25) is 0 Å². The zero-order valence-electron chi connectivity index (χ0n) is 6.70. The van der Waals surface area contributed by atoms with Crippen molar-refractivity contribution < 1.29 is 13.2 Å². The van der Waals surface area contributed by atoms with E-state index in [1.807, 2.05) is 0 Å². The monoisotopic (exact) mass is 191 g/mol. The van der Waals surface area contributed by atoms with E-state index in [0.29, 0.717) is 0 Å². The van der Waals surface area contributed by atoms with Gasteiger partial charge in [-0.25, -0.2) is 0 Å². The highest BCUT2D eigenvalue weighted by Crippen LogP contribution is 2.30. The summed E-state index contributed by atoms with van der Waals surface area (Å²) in [4.78, 5) is 0. The largest absolute Gasteiger partial charge is 0.404 e. The summed E-state index contributed by atoms with van der Waals surface area (Å²) in [5.74, 6) is 0.